The number of ether oxygens (including phenoxy) is 2. The van der Waals surface area contributed by atoms with Crippen LogP contribution < -0.4 is 10.1 Å². The van der Waals surface area contributed by atoms with Crippen molar-refractivity contribution >= 4 is 46.9 Å². The van der Waals surface area contributed by atoms with Gasteiger partial charge in [-0.25, -0.2) is 9.59 Å². The highest BCUT2D eigenvalue weighted by Gasteiger charge is 2.31. The Kier molecular flexibility index (Phi) is 8.09. The molecule has 1 aliphatic carbocycles. The van der Waals surface area contributed by atoms with Crippen LogP contribution in [0.15, 0.2) is 28.5 Å². The number of carboxylic acids is 1. The Morgan fingerprint density at radius 2 is 1.91 bits per heavy atom. The number of hydrogen-bond acceptors (Lipinski definition) is 8. The van der Waals surface area contributed by atoms with E-state index in [9.17, 15) is 24.3 Å². The summed E-state index contributed by atoms with van der Waals surface area (Å²) in [6, 6.07) is 5.38. The number of benzene rings is 1. The quantitative estimate of drug-likeness (QED) is 0.536. The molecule has 1 fully saturated rings. The number of carboxylic acid groups (broad SMARTS) is 1. The van der Waals surface area contributed by atoms with Crippen LogP contribution in [0, 0.1) is 0 Å². The van der Waals surface area contributed by atoms with E-state index in [1.54, 1.807) is 29.2 Å². The number of thiophene rings is 1. The Hall–Kier alpha value is -2.89. The molecule has 35 heavy (non-hydrogen) atoms. The third-order valence-corrected chi connectivity index (χ3v) is 8.27. The number of Topliss-reactive ketones (excluding diaryl/α,β-unsaturated/α-hetero) is 1. The van der Waals surface area contributed by atoms with Crippen molar-refractivity contribution < 1.29 is 33.8 Å². The van der Waals surface area contributed by atoms with Gasteiger partial charge < -0.3 is 24.8 Å². The number of amides is 2. The molecule has 2 aromatic rings. The van der Waals surface area contributed by atoms with Crippen LogP contribution in [0.3, 0.4) is 0 Å². The lowest BCUT2D eigenvalue weighted by atomic mass is 9.92. The molecule has 186 valence electrons. The van der Waals surface area contributed by atoms with E-state index in [0.29, 0.717) is 67.3 Å². The van der Waals surface area contributed by atoms with Gasteiger partial charge in [0.15, 0.2) is 5.78 Å². The average molecular weight is 519 g/mol. The predicted octanol–water partition coefficient (Wildman–Crippen LogP) is 3.25. The lowest BCUT2D eigenvalue weighted by Gasteiger charge is -2.25. The van der Waals surface area contributed by atoms with Gasteiger partial charge in [-0.1, -0.05) is 12.1 Å². The van der Waals surface area contributed by atoms with Crippen molar-refractivity contribution in [3.05, 3.63) is 45.8 Å². The maximum absolute atomic E-state index is 13.0. The van der Waals surface area contributed by atoms with Crippen molar-refractivity contribution in [1.29, 1.82) is 0 Å². The molecule has 1 aromatic carbocycles. The van der Waals surface area contributed by atoms with Gasteiger partial charge in [-0.15, -0.1) is 23.1 Å². The molecule has 0 saturated carbocycles. The molecular weight excluding hydrogens is 492 g/mol. The smallest absolute Gasteiger partial charge is 0.415 e. The number of morpholine rings is 1. The first kappa shape index (κ1) is 25.2. The number of nitrogens with one attached hydrogen (secondary N) is 1. The topological polar surface area (TPSA) is 122 Å². The van der Waals surface area contributed by atoms with Crippen molar-refractivity contribution in [3.63, 3.8) is 0 Å². The summed E-state index contributed by atoms with van der Waals surface area (Å²) in [4.78, 5) is 51.5. The zero-order valence-corrected chi connectivity index (χ0v) is 20.8. The molecule has 0 radical (unpaired) electrons. The first-order chi connectivity index (χ1) is 16.9. The second kappa shape index (κ2) is 11.2. The van der Waals surface area contributed by atoms with Gasteiger partial charge in [0.05, 0.1) is 22.3 Å². The molecule has 1 saturated heterocycles. The van der Waals surface area contributed by atoms with Crippen molar-refractivity contribution in [3.8, 4) is 5.75 Å². The maximum atomic E-state index is 13.0. The largest absolute Gasteiger partial charge is 0.480 e. The third-order valence-electron chi connectivity index (χ3n) is 5.92. The number of carbonyl (C=O) groups is 4. The zero-order valence-electron chi connectivity index (χ0n) is 19.2. The fraction of sp³-hybridized carbons (Fsp3) is 0.417. The van der Waals surface area contributed by atoms with E-state index in [1.165, 1.54) is 23.1 Å². The SMILES string of the molecule is CSc1sc(C(=O)N[C@@H](Cc2ccc(OC(=O)N3CCOCC3)cc2)C(=O)O)c2c1C(=O)CCC2. The molecule has 9 nitrogen and oxygen atoms in total. The van der Waals surface area contributed by atoms with Gasteiger partial charge in [0, 0.05) is 31.5 Å². The summed E-state index contributed by atoms with van der Waals surface area (Å²) < 4.78 is 11.4. The molecule has 0 bridgehead atoms. The number of aliphatic carboxylic acids is 1. The van der Waals surface area contributed by atoms with E-state index in [-0.39, 0.29) is 12.2 Å². The molecular formula is C24H26N2O7S2. The van der Waals surface area contributed by atoms with Crippen molar-refractivity contribution in [2.75, 3.05) is 32.6 Å². The number of ketones is 1. The molecule has 4 rings (SSSR count). The first-order valence-corrected chi connectivity index (χ1v) is 13.3. The zero-order chi connectivity index (χ0) is 24.9. The van der Waals surface area contributed by atoms with Crippen LogP contribution >= 0.6 is 23.1 Å². The monoisotopic (exact) mass is 518 g/mol. The number of nitrogens with zero attached hydrogens (tertiary/aromatic N) is 1. The van der Waals surface area contributed by atoms with E-state index < -0.39 is 24.0 Å². The molecule has 2 heterocycles. The molecule has 11 heteroatoms. The second-order valence-electron chi connectivity index (χ2n) is 8.23. The normalized spacial score (nSPS) is 16.4. The van der Waals surface area contributed by atoms with E-state index in [0.717, 1.165) is 9.77 Å². The summed E-state index contributed by atoms with van der Waals surface area (Å²) in [6.45, 7) is 1.88. The van der Waals surface area contributed by atoms with Gasteiger partial charge in [-0.2, -0.15) is 0 Å². The summed E-state index contributed by atoms with van der Waals surface area (Å²) in [5.74, 6) is -1.26. The van der Waals surface area contributed by atoms with Crippen LogP contribution in [-0.4, -0.2) is 72.4 Å². The highest BCUT2D eigenvalue weighted by atomic mass is 32.2. The third kappa shape index (κ3) is 5.85. The summed E-state index contributed by atoms with van der Waals surface area (Å²) in [5.41, 5.74) is 2.01. The van der Waals surface area contributed by atoms with Crippen LogP contribution in [-0.2, 0) is 22.4 Å². The Morgan fingerprint density at radius 1 is 1.20 bits per heavy atom. The summed E-state index contributed by atoms with van der Waals surface area (Å²) in [6.07, 6.45) is 3.23. The number of thioether (sulfide) groups is 1. The van der Waals surface area contributed by atoms with E-state index >= 15 is 0 Å². The average Bonchev–Trinajstić information content (AvgIpc) is 3.25. The van der Waals surface area contributed by atoms with Gasteiger partial charge >= 0.3 is 12.1 Å². The van der Waals surface area contributed by atoms with Crippen LogP contribution in [0.2, 0.25) is 0 Å². The number of fused-ring (bicyclic) bond motifs is 1. The van der Waals surface area contributed by atoms with Crippen molar-refractivity contribution in [2.24, 2.45) is 0 Å². The standard InChI is InChI=1S/C24H26N2O7S2/c1-34-23-19-16(3-2-4-18(19)27)20(35-23)21(28)25-17(22(29)30)13-14-5-7-15(8-6-14)33-24(31)26-9-11-32-12-10-26/h5-8,17H,2-4,9-13H2,1H3,(H,25,28)(H,29,30)/t17-/m0/s1. The number of rotatable bonds is 7. The number of hydrogen-bond donors (Lipinski definition) is 2. The number of carbonyl (C=O) groups excluding carboxylic acids is 3. The highest BCUT2D eigenvalue weighted by molar-refractivity contribution is 8.00. The Balaban J connectivity index is 1.42. The fourth-order valence-electron chi connectivity index (χ4n) is 4.11. The molecule has 0 spiro atoms. The summed E-state index contributed by atoms with van der Waals surface area (Å²) in [7, 11) is 0. The van der Waals surface area contributed by atoms with Crippen molar-refractivity contribution in [1.82, 2.24) is 10.2 Å². The van der Waals surface area contributed by atoms with E-state index in [1.807, 2.05) is 6.26 Å². The molecule has 1 aromatic heterocycles. The molecule has 0 unspecified atom stereocenters. The summed E-state index contributed by atoms with van der Waals surface area (Å²) >= 11 is 2.67. The molecule has 2 N–H and O–H groups in total. The molecule has 1 atom stereocenters. The maximum Gasteiger partial charge on any atom is 0.415 e. The van der Waals surface area contributed by atoms with Crippen LogP contribution in [0.1, 0.15) is 44.0 Å². The van der Waals surface area contributed by atoms with Crippen LogP contribution in [0.5, 0.6) is 5.75 Å². The fourth-order valence-corrected chi connectivity index (χ4v) is 6.13. The van der Waals surface area contributed by atoms with Gasteiger partial charge in [-0.3, -0.25) is 9.59 Å². The predicted molar refractivity (Wildman–Crippen MR) is 131 cm³/mol. The Morgan fingerprint density at radius 3 is 2.57 bits per heavy atom. The molecule has 2 aliphatic rings. The van der Waals surface area contributed by atoms with Crippen LogP contribution in [0.4, 0.5) is 4.79 Å². The lowest BCUT2D eigenvalue weighted by Crippen LogP contribution is -2.42. The molecule has 1 aliphatic heterocycles. The minimum atomic E-state index is -1.16. The minimum Gasteiger partial charge on any atom is -0.480 e. The second-order valence-corrected chi connectivity index (χ2v) is 10.3. The van der Waals surface area contributed by atoms with Gasteiger partial charge in [0.2, 0.25) is 0 Å². The van der Waals surface area contributed by atoms with Gasteiger partial charge in [0.1, 0.15) is 11.8 Å². The Bertz CT molecular complexity index is 1120. The van der Waals surface area contributed by atoms with Crippen LogP contribution in [0.25, 0.3) is 0 Å². The Labute approximate surface area is 210 Å². The van der Waals surface area contributed by atoms with Gasteiger partial charge in [-0.05, 0) is 42.4 Å². The van der Waals surface area contributed by atoms with E-state index in [4.69, 9.17) is 9.47 Å². The summed E-state index contributed by atoms with van der Waals surface area (Å²) in [5, 5.41) is 12.3. The first-order valence-electron chi connectivity index (χ1n) is 11.3. The minimum absolute atomic E-state index is 0.0371. The highest BCUT2D eigenvalue weighted by Crippen LogP contribution is 2.39. The van der Waals surface area contributed by atoms with E-state index in [2.05, 4.69) is 5.32 Å². The molecule has 2 amide bonds. The van der Waals surface area contributed by atoms with Crippen molar-refractivity contribution in [2.45, 2.75) is 35.9 Å². The lowest BCUT2D eigenvalue weighted by molar-refractivity contribution is -0.139. The van der Waals surface area contributed by atoms with Gasteiger partial charge in [0.25, 0.3) is 5.91 Å².